The first-order valence-electron chi connectivity index (χ1n) is 2.53. The van der Waals surface area contributed by atoms with E-state index in [1.165, 1.54) is 11.3 Å². The van der Waals surface area contributed by atoms with Gasteiger partial charge in [0.15, 0.2) is 0 Å². The van der Waals surface area contributed by atoms with Gasteiger partial charge >= 0.3 is 5.97 Å². The lowest BCUT2D eigenvalue weighted by Crippen LogP contribution is -1.98. The number of carbonyl (C=O) groups is 1. The van der Waals surface area contributed by atoms with E-state index in [1.807, 2.05) is 0 Å². The van der Waals surface area contributed by atoms with E-state index in [0.29, 0.717) is 10.0 Å². The molecule has 0 unspecified atom stereocenters. The van der Waals surface area contributed by atoms with E-state index in [2.05, 4.69) is 17.6 Å². The Bertz CT molecular complexity index is 246. The standard InChI is InChI=1S/C5H5NO2S2/c7-5(8)1-4-6-3(9)2-10-4/h2,9H,1H2,(H,7,8). The smallest absolute Gasteiger partial charge is 0.310 e. The van der Waals surface area contributed by atoms with Gasteiger partial charge in [-0.3, -0.25) is 4.79 Å². The Morgan fingerprint density at radius 3 is 3.00 bits per heavy atom. The monoisotopic (exact) mass is 175 g/mol. The van der Waals surface area contributed by atoms with Crippen LogP contribution in [0.15, 0.2) is 10.4 Å². The summed E-state index contributed by atoms with van der Waals surface area (Å²) in [6.07, 6.45) is -0.00870. The van der Waals surface area contributed by atoms with Gasteiger partial charge in [0.1, 0.15) is 10.0 Å². The lowest BCUT2D eigenvalue weighted by Gasteiger charge is -1.84. The maximum Gasteiger partial charge on any atom is 0.310 e. The summed E-state index contributed by atoms with van der Waals surface area (Å²) < 4.78 is 0. The molecule has 10 heavy (non-hydrogen) atoms. The molecule has 0 saturated carbocycles. The molecule has 5 heteroatoms. The first-order valence-corrected chi connectivity index (χ1v) is 3.86. The van der Waals surface area contributed by atoms with Crippen LogP contribution in [0.2, 0.25) is 0 Å². The maximum atomic E-state index is 10.1. The second kappa shape index (κ2) is 3.03. The maximum absolute atomic E-state index is 10.1. The van der Waals surface area contributed by atoms with Crippen molar-refractivity contribution in [3.05, 3.63) is 10.4 Å². The molecule has 1 rings (SSSR count). The van der Waals surface area contributed by atoms with E-state index in [9.17, 15) is 4.79 Å². The second-order valence-electron chi connectivity index (χ2n) is 1.67. The molecule has 0 aliphatic carbocycles. The third kappa shape index (κ3) is 2.00. The van der Waals surface area contributed by atoms with Crippen LogP contribution in [0.25, 0.3) is 0 Å². The van der Waals surface area contributed by atoms with Gasteiger partial charge in [0, 0.05) is 5.38 Å². The van der Waals surface area contributed by atoms with Crippen molar-refractivity contribution < 1.29 is 9.90 Å². The zero-order valence-corrected chi connectivity index (χ0v) is 6.65. The topological polar surface area (TPSA) is 50.2 Å². The molecule has 0 bridgehead atoms. The van der Waals surface area contributed by atoms with Crippen LogP contribution in [0.1, 0.15) is 5.01 Å². The predicted molar refractivity (Wildman–Crippen MR) is 40.7 cm³/mol. The molecule has 0 spiro atoms. The molecule has 1 heterocycles. The third-order valence-corrected chi connectivity index (χ3v) is 2.09. The van der Waals surface area contributed by atoms with E-state index < -0.39 is 5.97 Å². The number of aromatic nitrogens is 1. The quantitative estimate of drug-likeness (QED) is 0.661. The first-order chi connectivity index (χ1) is 4.68. The minimum absolute atomic E-state index is 0.00870. The van der Waals surface area contributed by atoms with Crippen LogP contribution in [-0.4, -0.2) is 16.1 Å². The van der Waals surface area contributed by atoms with Gasteiger partial charge in [-0.1, -0.05) is 0 Å². The van der Waals surface area contributed by atoms with Crippen LogP contribution >= 0.6 is 24.0 Å². The Morgan fingerprint density at radius 2 is 2.60 bits per heavy atom. The van der Waals surface area contributed by atoms with E-state index in [1.54, 1.807) is 5.38 Å². The van der Waals surface area contributed by atoms with E-state index in [4.69, 9.17) is 5.11 Å². The highest BCUT2D eigenvalue weighted by atomic mass is 32.1. The van der Waals surface area contributed by atoms with Gasteiger partial charge in [0.25, 0.3) is 0 Å². The summed E-state index contributed by atoms with van der Waals surface area (Å²) >= 11 is 5.24. The molecular formula is C5H5NO2S2. The molecule has 0 aliphatic rings. The third-order valence-electron chi connectivity index (χ3n) is 0.842. The summed E-state index contributed by atoms with van der Waals surface area (Å²) in [6, 6.07) is 0. The molecule has 54 valence electrons. The van der Waals surface area contributed by atoms with Crippen LogP contribution in [-0.2, 0) is 11.2 Å². The van der Waals surface area contributed by atoms with Gasteiger partial charge in [-0.25, -0.2) is 4.98 Å². The molecule has 3 nitrogen and oxygen atoms in total. The van der Waals surface area contributed by atoms with Gasteiger partial charge in [0.2, 0.25) is 0 Å². The Hall–Kier alpha value is -0.550. The summed E-state index contributed by atoms with van der Waals surface area (Å²) in [7, 11) is 0. The number of thiazole rings is 1. The number of rotatable bonds is 2. The number of aliphatic carboxylic acids is 1. The Morgan fingerprint density at radius 1 is 1.90 bits per heavy atom. The fourth-order valence-electron chi connectivity index (χ4n) is 0.512. The van der Waals surface area contributed by atoms with Gasteiger partial charge in [-0.2, -0.15) is 0 Å². The molecule has 0 aliphatic heterocycles. The van der Waals surface area contributed by atoms with Gasteiger partial charge in [0.05, 0.1) is 6.42 Å². The normalized spacial score (nSPS) is 9.70. The van der Waals surface area contributed by atoms with Crippen molar-refractivity contribution in [1.29, 1.82) is 0 Å². The van der Waals surface area contributed by atoms with Crippen molar-refractivity contribution in [2.45, 2.75) is 11.4 Å². The van der Waals surface area contributed by atoms with Gasteiger partial charge in [-0.05, 0) is 0 Å². The zero-order valence-electron chi connectivity index (χ0n) is 4.94. The number of hydrogen-bond acceptors (Lipinski definition) is 4. The highest BCUT2D eigenvalue weighted by Gasteiger charge is 2.03. The summed E-state index contributed by atoms with van der Waals surface area (Å²) in [5.41, 5.74) is 0. The van der Waals surface area contributed by atoms with Crippen LogP contribution in [0.3, 0.4) is 0 Å². The Kier molecular flexibility index (Phi) is 2.29. The van der Waals surface area contributed by atoms with Crippen molar-refractivity contribution in [3.8, 4) is 0 Å². The summed E-state index contributed by atoms with van der Waals surface area (Å²) in [6.45, 7) is 0. The highest BCUT2D eigenvalue weighted by Crippen LogP contribution is 2.12. The summed E-state index contributed by atoms with van der Waals surface area (Å²) in [5.74, 6) is -0.859. The Labute approximate surface area is 67.1 Å². The molecule has 0 amide bonds. The van der Waals surface area contributed by atoms with E-state index in [0.717, 1.165) is 0 Å². The van der Waals surface area contributed by atoms with Crippen LogP contribution in [0.5, 0.6) is 0 Å². The molecule has 0 fully saturated rings. The van der Waals surface area contributed by atoms with Crippen LogP contribution < -0.4 is 0 Å². The molecule has 0 atom stereocenters. The lowest BCUT2D eigenvalue weighted by molar-refractivity contribution is -0.136. The number of hydrogen-bond donors (Lipinski definition) is 2. The molecule has 1 aromatic rings. The zero-order chi connectivity index (χ0) is 7.56. The SMILES string of the molecule is O=C(O)Cc1nc(S)cs1. The van der Waals surface area contributed by atoms with Crippen molar-refractivity contribution >= 4 is 29.9 Å². The molecular weight excluding hydrogens is 170 g/mol. The van der Waals surface area contributed by atoms with Crippen LogP contribution in [0, 0.1) is 0 Å². The molecule has 1 N–H and O–H groups in total. The largest absolute Gasteiger partial charge is 0.481 e. The summed E-state index contributed by atoms with van der Waals surface area (Å²) in [5, 5.41) is 11.2. The average Bonchev–Trinajstić information content (AvgIpc) is 2.13. The molecule has 1 aromatic heterocycles. The summed E-state index contributed by atoms with van der Waals surface area (Å²) in [4.78, 5) is 14.0. The van der Waals surface area contributed by atoms with Crippen LogP contribution in [0.4, 0.5) is 0 Å². The first kappa shape index (κ1) is 7.56. The van der Waals surface area contributed by atoms with Crippen molar-refractivity contribution in [2.24, 2.45) is 0 Å². The van der Waals surface area contributed by atoms with Gasteiger partial charge in [-0.15, -0.1) is 24.0 Å². The van der Waals surface area contributed by atoms with Crippen molar-refractivity contribution in [1.82, 2.24) is 4.98 Å². The van der Waals surface area contributed by atoms with E-state index >= 15 is 0 Å². The molecule has 0 saturated heterocycles. The Balaban J connectivity index is 2.67. The number of carboxylic acids is 1. The van der Waals surface area contributed by atoms with Crippen molar-refractivity contribution in [2.75, 3.05) is 0 Å². The minimum atomic E-state index is -0.859. The fraction of sp³-hybridized carbons (Fsp3) is 0.200. The predicted octanol–water partition coefficient (Wildman–Crippen LogP) is 1.06. The molecule has 0 aromatic carbocycles. The van der Waals surface area contributed by atoms with E-state index in [-0.39, 0.29) is 6.42 Å². The highest BCUT2D eigenvalue weighted by molar-refractivity contribution is 7.80. The fourth-order valence-corrected chi connectivity index (χ4v) is 1.51. The molecule has 0 radical (unpaired) electrons. The minimum Gasteiger partial charge on any atom is -0.481 e. The average molecular weight is 175 g/mol. The number of nitrogens with zero attached hydrogens (tertiary/aromatic N) is 1. The van der Waals surface area contributed by atoms with Crippen molar-refractivity contribution in [3.63, 3.8) is 0 Å². The second-order valence-corrected chi connectivity index (χ2v) is 3.07. The number of thiol groups is 1. The number of carboxylic acid groups (broad SMARTS) is 1. The lowest BCUT2D eigenvalue weighted by atomic mass is 10.5. The van der Waals surface area contributed by atoms with Gasteiger partial charge < -0.3 is 5.11 Å².